The van der Waals surface area contributed by atoms with Crippen LogP contribution in [0, 0.1) is 11.6 Å². The molecule has 2 aliphatic heterocycles. The Morgan fingerprint density at radius 1 is 0.481 bits per heavy atom. The number of fused-ring (bicyclic) bond motifs is 8. The number of nitrogens with one attached hydrogen (secondary N) is 2. The molecular formula is C42H34F2N8+2. The molecule has 2 aromatic carbocycles. The molecule has 8 bridgehead atoms. The first-order chi connectivity index (χ1) is 25.2. The second kappa shape index (κ2) is 12.0. The van der Waals surface area contributed by atoms with Crippen LogP contribution in [0.5, 0.6) is 0 Å². The first kappa shape index (κ1) is 31.3. The number of hydrogen-bond acceptors (Lipinski definition) is 2. The maximum atomic E-state index is 14.3. The molecule has 52 heavy (non-hydrogen) atoms. The van der Waals surface area contributed by atoms with E-state index in [0.29, 0.717) is 0 Å². The van der Waals surface area contributed by atoms with Crippen molar-refractivity contribution in [1.82, 2.24) is 29.1 Å². The van der Waals surface area contributed by atoms with Crippen molar-refractivity contribution in [3.05, 3.63) is 132 Å². The van der Waals surface area contributed by atoms with Crippen LogP contribution in [0.2, 0.25) is 0 Å². The summed E-state index contributed by atoms with van der Waals surface area (Å²) in [6.07, 6.45) is 16.1. The molecular weight excluding hydrogens is 655 g/mol. The first-order valence-electron chi connectivity index (χ1n) is 16.9. The number of halogens is 2. The van der Waals surface area contributed by atoms with Gasteiger partial charge in [0, 0.05) is 22.2 Å². The topological polar surface area (TPSA) is 75.0 Å². The number of aromatic nitrogens is 8. The summed E-state index contributed by atoms with van der Waals surface area (Å²) < 4.78 is 36.8. The Morgan fingerprint density at radius 2 is 0.808 bits per heavy atom. The minimum atomic E-state index is -0.308. The molecule has 0 spiro atoms. The molecule has 0 saturated heterocycles. The summed E-state index contributed by atoms with van der Waals surface area (Å²) in [6, 6.07) is 21.3. The number of rotatable bonds is 4. The van der Waals surface area contributed by atoms with Gasteiger partial charge in [0.25, 0.3) is 11.6 Å². The van der Waals surface area contributed by atoms with E-state index < -0.39 is 0 Å². The van der Waals surface area contributed by atoms with E-state index in [2.05, 4.69) is 40.4 Å². The summed E-state index contributed by atoms with van der Waals surface area (Å²) in [5.41, 5.74) is 11.5. The van der Waals surface area contributed by atoms with E-state index in [4.69, 9.17) is 9.97 Å². The van der Waals surface area contributed by atoms with Gasteiger partial charge in [-0.25, -0.2) is 37.0 Å². The Bertz CT molecular complexity index is 2560. The highest BCUT2D eigenvalue weighted by molar-refractivity contribution is 5.98. The van der Waals surface area contributed by atoms with Gasteiger partial charge in [-0.3, -0.25) is 0 Å². The third-order valence-corrected chi connectivity index (χ3v) is 9.83. The molecule has 0 saturated carbocycles. The lowest BCUT2D eigenvalue weighted by molar-refractivity contribution is -0.659. The lowest BCUT2D eigenvalue weighted by Crippen LogP contribution is -2.29. The molecule has 0 radical (unpaired) electrons. The predicted molar refractivity (Wildman–Crippen MR) is 201 cm³/mol. The van der Waals surface area contributed by atoms with Crippen molar-refractivity contribution >= 4 is 46.4 Å². The van der Waals surface area contributed by atoms with Gasteiger partial charge in [-0.2, -0.15) is 0 Å². The van der Waals surface area contributed by atoms with Crippen molar-refractivity contribution in [3.8, 4) is 45.0 Å². The van der Waals surface area contributed by atoms with E-state index in [1.807, 2.05) is 89.4 Å². The van der Waals surface area contributed by atoms with E-state index >= 15 is 0 Å². The van der Waals surface area contributed by atoms with Crippen LogP contribution < -0.4 is 9.13 Å². The molecule has 7 heterocycles. The zero-order chi connectivity index (χ0) is 35.7. The van der Waals surface area contributed by atoms with E-state index in [9.17, 15) is 8.78 Å². The van der Waals surface area contributed by atoms with Crippen molar-refractivity contribution in [2.24, 2.45) is 28.2 Å². The minimum Gasteiger partial charge on any atom is -0.354 e. The average molecular weight is 689 g/mol. The number of H-pyrrole nitrogens is 2. The monoisotopic (exact) mass is 688 g/mol. The zero-order valence-corrected chi connectivity index (χ0v) is 29.0. The maximum absolute atomic E-state index is 14.3. The summed E-state index contributed by atoms with van der Waals surface area (Å²) >= 11 is 0. The molecule has 0 unspecified atom stereocenters. The number of aryl methyl sites for hydroxylation is 4. The molecule has 9 rings (SSSR count). The summed E-state index contributed by atoms with van der Waals surface area (Å²) in [5, 5.41) is 0. The summed E-state index contributed by atoms with van der Waals surface area (Å²) in [7, 11) is 8.05. The van der Waals surface area contributed by atoms with Crippen molar-refractivity contribution in [3.63, 3.8) is 0 Å². The van der Waals surface area contributed by atoms with Crippen LogP contribution in [0.25, 0.3) is 91.4 Å². The lowest BCUT2D eigenvalue weighted by Gasteiger charge is -2.06. The van der Waals surface area contributed by atoms with Crippen LogP contribution in [0.1, 0.15) is 22.8 Å². The quantitative estimate of drug-likeness (QED) is 0.185. The standard InChI is InChI=1S/C42H33F2N8/c1-49-21-22-50(2)41(49)39-33-17-13-29(45-33)37(25-5-9-27(43)10-6-25)31-15-19-35(47-31)40(42-51(3)23-24-52(42)4)36-20-16-32(48-36)38(30-14-18-34(39)46-30)26-7-11-28(44)12-8-26/h5-24H,1-4H3,(H,45,46,47,48)/q+1/p+1. The zero-order valence-electron chi connectivity index (χ0n) is 29.0. The molecule has 254 valence electrons. The fraction of sp³-hybridized carbons (Fsp3) is 0.0952. The lowest BCUT2D eigenvalue weighted by atomic mass is 10.0. The van der Waals surface area contributed by atoms with Crippen LogP contribution in [0.3, 0.4) is 0 Å². The number of imidazole rings is 2. The molecule has 0 amide bonds. The fourth-order valence-electron chi connectivity index (χ4n) is 7.40. The summed E-state index contributed by atoms with van der Waals surface area (Å²) in [4.78, 5) is 18.0. The SMILES string of the molecule is Cn1cc[n+](C)c1-c1c2nc(c(-c3ccc(F)cc3)c3ccc([nH]3)c(-c3n(C)cc[n+]3C)c3nc(c(-c4ccc(F)cc4)c4ccc1[nH]4)C=C3)C=C2. The van der Waals surface area contributed by atoms with Gasteiger partial charge >= 0.3 is 0 Å². The van der Waals surface area contributed by atoms with Gasteiger partial charge in [0.05, 0.1) is 62.0 Å². The Hall–Kier alpha value is -6.68. The molecule has 2 N–H and O–H groups in total. The minimum absolute atomic E-state index is 0.308. The number of benzene rings is 2. The van der Waals surface area contributed by atoms with Crippen LogP contribution in [-0.4, -0.2) is 29.1 Å². The second-order valence-electron chi connectivity index (χ2n) is 13.2. The molecule has 2 aliphatic rings. The number of hydrogen-bond donors (Lipinski definition) is 2. The van der Waals surface area contributed by atoms with Gasteiger partial charge in [0.2, 0.25) is 0 Å². The third-order valence-electron chi connectivity index (χ3n) is 9.83. The van der Waals surface area contributed by atoms with Crippen molar-refractivity contribution < 1.29 is 17.9 Å². The van der Waals surface area contributed by atoms with Gasteiger partial charge in [0.1, 0.15) is 47.5 Å². The van der Waals surface area contributed by atoms with Gasteiger partial charge in [-0.05, 0) is 84.0 Å². The highest BCUT2D eigenvalue weighted by atomic mass is 19.1. The molecule has 8 nitrogen and oxygen atoms in total. The molecule has 10 heteroatoms. The Balaban J connectivity index is 1.50. The van der Waals surface area contributed by atoms with E-state index in [-0.39, 0.29) is 11.6 Å². The van der Waals surface area contributed by atoms with Gasteiger partial charge in [0.15, 0.2) is 0 Å². The van der Waals surface area contributed by atoms with E-state index in [1.54, 1.807) is 24.3 Å². The van der Waals surface area contributed by atoms with Gasteiger partial charge < -0.3 is 9.97 Å². The highest BCUT2D eigenvalue weighted by Gasteiger charge is 2.26. The summed E-state index contributed by atoms with van der Waals surface area (Å²) in [5.74, 6) is 1.27. The van der Waals surface area contributed by atoms with Crippen LogP contribution in [0.15, 0.2) is 97.6 Å². The Morgan fingerprint density at radius 3 is 1.13 bits per heavy atom. The number of nitrogens with zero attached hydrogens (tertiary/aromatic N) is 6. The molecule has 0 aliphatic carbocycles. The first-order valence-corrected chi connectivity index (χ1v) is 16.9. The van der Waals surface area contributed by atoms with Crippen LogP contribution >= 0.6 is 0 Å². The molecule has 7 aromatic rings. The highest BCUT2D eigenvalue weighted by Crippen LogP contribution is 2.37. The van der Waals surface area contributed by atoms with Gasteiger partial charge in [-0.1, -0.05) is 24.3 Å². The maximum Gasteiger partial charge on any atom is 0.292 e. The van der Waals surface area contributed by atoms with E-state index in [0.717, 1.165) is 89.9 Å². The normalized spacial score (nSPS) is 12.3. The molecule has 5 aromatic heterocycles. The van der Waals surface area contributed by atoms with Crippen molar-refractivity contribution in [2.75, 3.05) is 0 Å². The van der Waals surface area contributed by atoms with Crippen molar-refractivity contribution in [1.29, 1.82) is 0 Å². The van der Waals surface area contributed by atoms with Crippen molar-refractivity contribution in [2.45, 2.75) is 0 Å². The van der Waals surface area contributed by atoms with E-state index in [1.165, 1.54) is 24.3 Å². The Kier molecular flexibility index (Phi) is 7.21. The third kappa shape index (κ3) is 5.10. The number of aromatic amines is 2. The fourth-order valence-corrected chi connectivity index (χ4v) is 7.40. The predicted octanol–water partition coefficient (Wildman–Crippen LogP) is 7.93. The molecule has 0 atom stereocenters. The smallest absolute Gasteiger partial charge is 0.292 e. The van der Waals surface area contributed by atoms with Gasteiger partial charge in [-0.15, -0.1) is 0 Å². The largest absolute Gasteiger partial charge is 0.354 e. The second-order valence-corrected chi connectivity index (χ2v) is 13.2. The van der Waals surface area contributed by atoms with Crippen LogP contribution in [-0.2, 0) is 28.2 Å². The van der Waals surface area contributed by atoms with Crippen LogP contribution in [0.4, 0.5) is 8.78 Å². The average Bonchev–Trinajstić information content (AvgIpc) is 4.00. The Labute approximate surface area is 298 Å². The molecule has 0 fully saturated rings. The summed E-state index contributed by atoms with van der Waals surface area (Å²) in [6.45, 7) is 0.